The van der Waals surface area contributed by atoms with Crippen LogP contribution in [0.2, 0.25) is 0 Å². The lowest BCUT2D eigenvalue weighted by Gasteiger charge is -2.27. The molecular formula is C12H18N2O2. The first-order valence-electron chi connectivity index (χ1n) is 5.36. The summed E-state index contributed by atoms with van der Waals surface area (Å²) in [6.45, 7) is 5.66. The van der Waals surface area contributed by atoms with E-state index in [0.29, 0.717) is 18.2 Å². The van der Waals surface area contributed by atoms with E-state index in [1.165, 1.54) is 0 Å². The van der Waals surface area contributed by atoms with Crippen LogP contribution in [-0.4, -0.2) is 37.6 Å². The van der Waals surface area contributed by atoms with Gasteiger partial charge in [0.05, 0.1) is 6.61 Å². The highest BCUT2D eigenvalue weighted by atomic mass is 16.5. The molecule has 1 aromatic rings. The zero-order valence-corrected chi connectivity index (χ0v) is 10.0. The van der Waals surface area contributed by atoms with E-state index in [1.807, 2.05) is 6.07 Å². The molecule has 0 saturated carbocycles. The molecule has 1 aromatic heterocycles. The third kappa shape index (κ3) is 3.31. The van der Waals surface area contributed by atoms with Crippen LogP contribution >= 0.6 is 0 Å². The van der Waals surface area contributed by atoms with Crippen molar-refractivity contribution < 1.29 is 9.53 Å². The molecule has 4 nitrogen and oxygen atoms in total. The number of ether oxygens (including phenoxy) is 1. The number of aromatic nitrogens is 1. The van der Waals surface area contributed by atoms with E-state index in [4.69, 9.17) is 4.74 Å². The molecule has 0 spiro atoms. The lowest BCUT2D eigenvalue weighted by atomic mass is 10.2. The molecule has 0 amide bonds. The molecule has 0 fully saturated rings. The average molecular weight is 222 g/mol. The zero-order chi connectivity index (χ0) is 12.0. The lowest BCUT2D eigenvalue weighted by Crippen LogP contribution is -2.34. The van der Waals surface area contributed by atoms with E-state index in [-0.39, 0.29) is 0 Å². The number of carbonyl (C=O) groups is 1. The average Bonchev–Trinajstić information content (AvgIpc) is 2.30. The van der Waals surface area contributed by atoms with Crippen LogP contribution < -0.4 is 4.90 Å². The molecule has 0 unspecified atom stereocenters. The summed E-state index contributed by atoms with van der Waals surface area (Å²) in [4.78, 5) is 16.9. The minimum Gasteiger partial charge on any atom is -0.383 e. The van der Waals surface area contributed by atoms with Gasteiger partial charge in [-0.1, -0.05) is 0 Å². The highest BCUT2D eigenvalue weighted by Crippen LogP contribution is 2.13. The van der Waals surface area contributed by atoms with Gasteiger partial charge >= 0.3 is 0 Å². The van der Waals surface area contributed by atoms with Gasteiger partial charge in [0.25, 0.3) is 0 Å². The van der Waals surface area contributed by atoms with Crippen LogP contribution in [-0.2, 0) is 4.74 Å². The summed E-state index contributed by atoms with van der Waals surface area (Å²) < 4.78 is 5.06. The van der Waals surface area contributed by atoms with Gasteiger partial charge in [0.15, 0.2) is 6.29 Å². The summed E-state index contributed by atoms with van der Waals surface area (Å²) in [6, 6.07) is 3.99. The van der Waals surface area contributed by atoms with Crippen LogP contribution in [0.4, 0.5) is 5.82 Å². The maximum Gasteiger partial charge on any atom is 0.151 e. The number of aldehydes is 1. The molecule has 1 rings (SSSR count). The number of pyridine rings is 1. The number of carbonyl (C=O) groups excluding carboxylic acids is 1. The summed E-state index contributed by atoms with van der Waals surface area (Å²) in [5.74, 6) is 0.873. The lowest BCUT2D eigenvalue weighted by molar-refractivity contribution is 0.112. The third-order valence-corrected chi connectivity index (χ3v) is 2.36. The monoisotopic (exact) mass is 222 g/mol. The molecule has 0 N–H and O–H groups in total. The molecule has 0 aliphatic rings. The van der Waals surface area contributed by atoms with Crippen molar-refractivity contribution in [1.82, 2.24) is 4.98 Å². The van der Waals surface area contributed by atoms with Crippen LogP contribution in [0.25, 0.3) is 0 Å². The Balaban J connectivity index is 2.79. The smallest absolute Gasteiger partial charge is 0.151 e. The van der Waals surface area contributed by atoms with Gasteiger partial charge in [-0.3, -0.25) is 4.79 Å². The molecule has 16 heavy (non-hydrogen) atoms. The summed E-state index contributed by atoms with van der Waals surface area (Å²) >= 11 is 0. The normalized spacial score (nSPS) is 10.5. The van der Waals surface area contributed by atoms with Crippen molar-refractivity contribution >= 4 is 12.1 Å². The molecule has 88 valence electrons. The van der Waals surface area contributed by atoms with Crippen molar-refractivity contribution in [3.05, 3.63) is 23.9 Å². The van der Waals surface area contributed by atoms with Gasteiger partial charge in [-0.15, -0.1) is 0 Å². The number of anilines is 1. The molecule has 0 atom stereocenters. The van der Waals surface area contributed by atoms with E-state index in [0.717, 1.165) is 18.6 Å². The summed E-state index contributed by atoms with van der Waals surface area (Å²) in [5.41, 5.74) is 0.596. The summed E-state index contributed by atoms with van der Waals surface area (Å²) in [5, 5.41) is 0. The number of hydrogen-bond donors (Lipinski definition) is 0. The molecule has 0 aromatic carbocycles. The highest BCUT2D eigenvalue weighted by molar-refractivity contribution is 5.74. The predicted octanol–water partition coefficient (Wildman–Crippen LogP) is 1.76. The van der Waals surface area contributed by atoms with E-state index in [2.05, 4.69) is 23.7 Å². The second-order valence-corrected chi connectivity index (χ2v) is 3.85. The van der Waals surface area contributed by atoms with E-state index in [9.17, 15) is 4.79 Å². The second-order valence-electron chi connectivity index (χ2n) is 3.85. The number of rotatable bonds is 6. The minimum absolute atomic E-state index is 0.352. The van der Waals surface area contributed by atoms with E-state index in [1.54, 1.807) is 19.4 Å². The van der Waals surface area contributed by atoms with Crippen LogP contribution in [0.15, 0.2) is 18.3 Å². The van der Waals surface area contributed by atoms with Gasteiger partial charge in [0.2, 0.25) is 0 Å². The van der Waals surface area contributed by atoms with Crippen molar-refractivity contribution in [2.75, 3.05) is 25.2 Å². The Labute approximate surface area is 96.2 Å². The van der Waals surface area contributed by atoms with E-state index < -0.39 is 0 Å². The van der Waals surface area contributed by atoms with Gasteiger partial charge in [-0.25, -0.2) is 4.98 Å². The SMILES string of the molecule is COCCN(c1ccc(C=O)cn1)C(C)C. The van der Waals surface area contributed by atoms with Gasteiger partial charge in [-0.2, -0.15) is 0 Å². The molecule has 0 saturated heterocycles. The first kappa shape index (κ1) is 12.6. The first-order chi connectivity index (χ1) is 7.69. The quantitative estimate of drug-likeness (QED) is 0.688. The topological polar surface area (TPSA) is 42.4 Å². The Morgan fingerprint density at radius 1 is 1.50 bits per heavy atom. The van der Waals surface area contributed by atoms with Crippen LogP contribution in [0.1, 0.15) is 24.2 Å². The molecule has 0 aliphatic heterocycles. The number of nitrogens with zero attached hydrogens (tertiary/aromatic N) is 2. The Morgan fingerprint density at radius 3 is 2.69 bits per heavy atom. The largest absolute Gasteiger partial charge is 0.383 e. The molecule has 1 heterocycles. The van der Waals surface area contributed by atoms with Crippen molar-refractivity contribution in [3.8, 4) is 0 Å². The Bertz CT molecular complexity index is 322. The van der Waals surface area contributed by atoms with Crippen molar-refractivity contribution in [1.29, 1.82) is 0 Å². The highest BCUT2D eigenvalue weighted by Gasteiger charge is 2.11. The van der Waals surface area contributed by atoms with Gasteiger partial charge < -0.3 is 9.64 Å². The second kappa shape index (κ2) is 6.23. The van der Waals surface area contributed by atoms with Crippen molar-refractivity contribution in [2.45, 2.75) is 19.9 Å². The zero-order valence-electron chi connectivity index (χ0n) is 10.0. The number of hydrogen-bond acceptors (Lipinski definition) is 4. The fourth-order valence-electron chi connectivity index (χ4n) is 1.46. The summed E-state index contributed by atoms with van der Waals surface area (Å²) in [6.07, 6.45) is 2.39. The standard InChI is InChI=1S/C12H18N2O2/c1-10(2)14(6-7-16-3)12-5-4-11(9-15)8-13-12/h4-5,8-10H,6-7H2,1-3H3. The van der Waals surface area contributed by atoms with Crippen LogP contribution in [0, 0.1) is 0 Å². The Kier molecular flexibility index (Phi) is 4.92. The van der Waals surface area contributed by atoms with Gasteiger partial charge in [-0.05, 0) is 26.0 Å². The maximum absolute atomic E-state index is 10.5. The molecule has 0 bridgehead atoms. The maximum atomic E-state index is 10.5. The third-order valence-electron chi connectivity index (χ3n) is 2.36. The molecule has 0 radical (unpaired) electrons. The van der Waals surface area contributed by atoms with E-state index >= 15 is 0 Å². The van der Waals surface area contributed by atoms with Crippen LogP contribution in [0.5, 0.6) is 0 Å². The summed E-state index contributed by atoms with van der Waals surface area (Å²) in [7, 11) is 1.68. The Hall–Kier alpha value is -1.42. The molecule has 0 aliphatic carbocycles. The fraction of sp³-hybridized carbons (Fsp3) is 0.500. The number of methoxy groups -OCH3 is 1. The molecule has 4 heteroatoms. The minimum atomic E-state index is 0.352. The van der Waals surface area contributed by atoms with Crippen molar-refractivity contribution in [3.63, 3.8) is 0 Å². The predicted molar refractivity (Wildman–Crippen MR) is 64.0 cm³/mol. The Morgan fingerprint density at radius 2 is 2.25 bits per heavy atom. The fourth-order valence-corrected chi connectivity index (χ4v) is 1.46. The van der Waals surface area contributed by atoms with Crippen molar-refractivity contribution in [2.24, 2.45) is 0 Å². The molecular weight excluding hydrogens is 204 g/mol. The van der Waals surface area contributed by atoms with Gasteiger partial charge in [0, 0.05) is 31.5 Å². The first-order valence-corrected chi connectivity index (χ1v) is 5.36. The van der Waals surface area contributed by atoms with Crippen LogP contribution in [0.3, 0.4) is 0 Å². The van der Waals surface area contributed by atoms with Gasteiger partial charge in [0.1, 0.15) is 5.82 Å².